The van der Waals surface area contributed by atoms with Crippen molar-refractivity contribution in [2.24, 2.45) is 4.99 Å². The highest BCUT2D eigenvalue weighted by Gasteiger charge is 2.35. The smallest absolute Gasteiger partial charge is 0.418 e. The number of benzene rings is 2. The lowest BCUT2D eigenvalue weighted by Gasteiger charge is -2.31. The van der Waals surface area contributed by atoms with Crippen LogP contribution in [0.3, 0.4) is 0 Å². The van der Waals surface area contributed by atoms with Crippen LogP contribution in [-0.4, -0.2) is 42.6 Å². The third-order valence-corrected chi connectivity index (χ3v) is 4.76. The van der Waals surface area contributed by atoms with Gasteiger partial charge in [-0.05, 0) is 36.4 Å². The van der Waals surface area contributed by atoms with Gasteiger partial charge in [-0.3, -0.25) is 4.99 Å². The summed E-state index contributed by atoms with van der Waals surface area (Å²) >= 11 is 0. The first-order chi connectivity index (χ1) is 13.8. The van der Waals surface area contributed by atoms with Gasteiger partial charge in [0, 0.05) is 30.4 Å². The van der Waals surface area contributed by atoms with Crippen LogP contribution in [-0.2, 0) is 10.9 Å². The van der Waals surface area contributed by atoms with E-state index in [1.165, 1.54) is 36.5 Å². The number of fused-ring (bicyclic) bond motifs is 1. The molecule has 1 fully saturated rings. The SMILES string of the molecule is Oc1[nH]c2cc(F)ccc2c1C=Nc1ccc(N2CCOCC2)c(C(F)(F)F)c1. The Morgan fingerprint density at radius 3 is 2.59 bits per heavy atom. The highest BCUT2D eigenvalue weighted by Crippen LogP contribution is 2.39. The number of aromatic hydroxyl groups is 1. The maximum Gasteiger partial charge on any atom is 0.418 e. The molecule has 152 valence electrons. The number of alkyl halides is 3. The molecule has 3 aromatic rings. The molecule has 0 radical (unpaired) electrons. The van der Waals surface area contributed by atoms with Crippen molar-refractivity contribution in [1.29, 1.82) is 0 Å². The fraction of sp³-hybridized carbons (Fsp3) is 0.250. The molecule has 0 unspecified atom stereocenters. The summed E-state index contributed by atoms with van der Waals surface area (Å²) in [6.07, 6.45) is -3.28. The number of aromatic amines is 1. The van der Waals surface area contributed by atoms with E-state index in [9.17, 15) is 22.7 Å². The normalized spacial score (nSPS) is 15.5. The molecule has 0 atom stereocenters. The molecule has 29 heavy (non-hydrogen) atoms. The molecule has 2 N–H and O–H groups in total. The number of hydrogen-bond donors (Lipinski definition) is 2. The summed E-state index contributed by atoms with van der Waals surface area (Å²) < 4.78 is 59.4. The van der Waals surface area contributed by atoms with Gasteiger partial charge in [0.15, 0.2) is 5.88 Å². The van der Waals surface area contributed by atoms with Crippen LogP contribution < -0.4 is 4.90 Å². The van der Waals surface area contributed by atoms with Gasteiger partial charge in [0.25, 0.3) is 0 Å². The van der Waals surface area contributed by atoms with Gasteiger partial charge in [0.2, 0.25) is 0 Å². The number of rotatable bonds is 3. The van der Waals surface area contributed by atoms with E-state index in [1.54, 1.807) is 4.90 Å². The van der Waals surface area contributed by atoms with Gasteiger partial charge in [0.05, 0.1) is 35.5 Å². The molecule has 1 aromatic heterocycles. The first-order valence-corrected chi connectivity index (χ1v) is 8.91. The number of aliphatic imine (C=N–C) groups is 1. The van der Waals surface area contributed by atoms with E-state index < -0.39 is 17.6 Å². The Labute approximate surface area is 163 Å². The molecule has 9 heteroatoms. The third-order valence-electron chi connectivity index (χ3n) is 4.76. The Balaban J connectivity index is 1.70. The molecule has 0 amide bonds. The standard InChI is InChI=1S/C20H17F4N3O2/c21-12-1-3-14-15(19(28)26-17(14)9-12)11-25-13-2-4-18(16(10-13)20(22,23)24)27-5-7-29-8-6-27/h1-4,9-11,26,28H,5-8H2. The molecule has 4 rings (SSSR count). The van der Waals surface area contributed by atoms with Gasteiger partial charge in [-0.15, -0.1) is 0 Å². The Kier molecular flexibility index (Phi) is 4.91. The minimum absolute atomic E-state index is 0.0881. The number of ether oxygens (including phenoxy) is 1. The van der Waals surface area contributed by atoms with E-state index in [-0.39, 0.29) is 22.8 Å². The van der Waals surface area contributed by atoms with E-state index >= 15 is 0 Å². The summed E-state index contributed by atoms with van der Waals surface area (Å²) in [5, 5.41) is 10.5. The highest BCUT2D eigenvalue weighted by molar-refractivity contribution is 6.02. The second-order valence-electron chi connectivity index (χ2n) is 6.63. The zero-order valence-corrected chi connectivity index (χ0v) is 15.1. The van der Waals surface area contributed by atoms with E-state index in [0.717, 1.165) is 6.07 Å². The highest BCUT2D eigenvalue weighted by atomic mass is 19.4. The fourth-order valence-electron chi connectivity index (χ4n) is 3.36. The van der Waals surface area contributed by atoms with Gasteiger partial charge in [-0.25, -0.2) is 4.39 Å². The largest absolute Gasteiger partial charge is 0.494 e. The summed E-state index contributed by atoms with van der Waals surface area (Å²) in [5.74, 6) is -0.717. The average Bonchev–Trinajstić information content (AvgIpc) is 3.00. The van der Waals surface area contributed by atoms with Crippen molar-refractivity contribution in [3.8, 4) is 5.88 Å². The summed E-state index contributed by atoms with van der Waals surface area (Å²) in [6.45, 7) is 1.51. The quantitative estimate of drug-likeness (QED) is 0.492. The van der Waals surface area contributed by atoms with Crippen molar-refractivity contribution in [3.63, 3.8) is 0 Å². The average molecular weight is 407 g/mol. The zero-order chi connectivity index (χ0) is 20.6. The maximum atomic E-state index is 13.6. The van der Waals surface area contributed by atoms with Crippen LogP contribution in [0.1, 0.15) is 11.1 Å². The number of halogens is 4. The molecular weight excluding hydrogens is 390 g/mol. The number of H-pyrrole nitrogens is 1. The van der Waals surface area contributed by atoms with Gasteiger partial charge in [-0.2, -0.15) is 13.2 Å². The first-order valence-electron chi connectivity index (χ1n) is 8.91. The van der Waals surface area contributed by atoms with E-state index in [0.29, 0.717) is 37.2 Å². The summed E-state index contributed by atoms with van der Waals surface area (Å²) in [5.41, 5.74) is 0.0306. The van der Waals surface area contributed by atoms with Crippen LogP contribution in [0.4, 0.5) is 28.9 Å². The van der Waals surface area contributed by atoms with Crippen molar-refractivity contribution in [1.82, 2.24) is 4.98 Å². The maximum absolute atomic E-state index is 13.6. The van der Waals surface area contributed by atoms with Crippen LogP contribution in [0.25, 0.3) is 10.9 Å². The third kappa shape index (κ3) is 3.91. The molecule has 0 bridgehead atoms. The molecule has 5 nitrogen and oxygen atoms in total. The molecule has 2 heterocycles. The lowest BCUT2D eigenvalue weighted by molar-refractivity contribution is -0.137. The van der Waals surface area contributed by atoms with Gasteiger partial charge < -0.3 is 19.7 Å². The van der Waals surface area contributed by atoms with Gasteiger partial charge in [-0.1, -0.05) is 0 Å². The molecule has 1 aliphatic heterocycles. The van der Waals surface area contributed by atoms with E-state index in [1.807, 2.05) is 0 Å². The Hall–Kier alpha value is -3.07. The monoisotopic (exact) mass is 407 g/mol. The van der Waals surface area contributed by atoms with Crippen molar-refractivity contribution in [2.45, 2.75) is 6.18 Å². The lowest BCUT2D eigenvalue weighted by Crippen LogP contribution is -2.37. The zero-order valence-electron chi connectivity index (χ0n) is 15.1. The molecule has 1 aliphatic rings. The molecule has 2 aromatic carbocycles. The van der Waals surface area contributed by atoms with Crippen molar-refractivity contribution in [2.75, 3.05) is 31.2 Å². The van der Waals surface area contributed by atoms with E-state index in [4.69, 9.17) is 4.74 Å². The van der Waals surface area contributed by atoms with E-state index in [2.05, 4.69) is 9.98 Å². The molecule has 0 saturated carbocycles. The van der Waals surface area contributed by atoms with Crippen LogP contribution in [0.15, 0.2) is 41.4 Å². The number of anilines is 1. The molecular formula is C20H17F4N3O2. The van der Waals surface area contributed by atoms with Crippen molar-refractivity contribution in [3.05, 3.63) is 53.3 Å². The second kappa shape index (κ2) is 7.40. The molecule has 0 spiro atoms. The number of aromatic nitrogens is 1. The Bertz CT molecular complexity index is 1070. The van der Waals surface area contributed by atoms with Gasteiger partial charge >= 0.3 is 6.18 Å². The minimum atomic E-state index is -4.54. The molecule has 0 aliphatic carbocycles. The minimum Gasteiger partial charge on any atom is -0.494 e. The number of hydrogen-bond acceptors (Lipinski definition) is 4. The summed E-state index contributed by atoms with van der Waals surface area (Å²) in [4.78, 5) is 8.36. The predicted molar refractivity (Wildman–Crippen MR) is 102 cm³/mol. The second-order valence-corrected chi connectivity index (χ2v) is 6.63. The summed E-state index contributed by atoms with van der Waals surface area (Å²) in [7, 11) is 0. The first kappa shape index (κ1) is 19.3. The topological polar surface area (TPSA) is 60.8 Å². The Morgan fingerprint density at radius 2 is 1.86 bits per heavy atom. The molecule has 1 saturated heterocycles. The van der Waals surface area contributed by atoms with Crippen molar-refractivity contribution < 1.29 is 27.4 Å². The Morgan fingerprint density at radius 1 is 1.10 bits per heavy atom. The predicted octanol–water partition coefficient (Wildman–Crippen LogP) is 4.62. The van der Waals surface area contributed by atoms with Gasteiger partial charge in [0.1, 0.15) is 5.82 Å². The van der Waals surface area contributed by atoms with Crippen molar-refractivity contribution >= 4 is 28.5 Å². The van der Waals surface area contributed by atoms with Crippen LogP contribution in [0.5, 0.6) is 5.88 Å². The van der Waals surface area contributed by atoms with Crippen LogP contribution in [0, 0.1) is 5.82 Å². The van der Waals surface area contributed by atoms with Crippen LogP contribution in [0.2, 0.25) is 0 Å². The number of nitrogens with zero attached hydrogens (tertiary/aromatic N) is 2. The fourth-order valence-corrected chi connectivity index (χ4v) is 3.36. The van der Waals surface area contributed by atoms with Crippen LogP contribution >= 0.6 is 0 Å². The summed E-state index contributed by atoms with van der Waals surface area (Å²) in [6, 6.07) is 7.77. The number of morpholine rings is 1. The number of nitrogens with one attached hydrogen (secondary N) is 1. The lowest BCUT2D eigenvalue weighted by atomic mass is 10.1.